The van der Waals surface area contributed by atoms with E-state index in [4.69, 9.17) is 4.74 Å². The highest BCUT2D eigenvalue weighted by molar-refractivity contribution is 5.85. The molecule has 1 aliphatic carbocycles. The number of carbonyl (C=O) groups is 1. The van der Waals surface area contributed by atoms with Gasteiger partial charge in [-0.1, -0.05) is 30.3 Å². The van der Waals surface area contributed by atoms with Crippen LogP contribution >= 0.6 is 0 Å². The van der Waals surface area contributed by atoms with Crippen LogP contribution in [0.4, 0.5) is 0 Å². The minimum atomic E-state index is -0.753. The van der Waals surface area contributed by atoms with Crippen molar-refractivity contribution in [1.29, 1.82) is 0 Å². The standard InChI is InChI=1S/C14H17NO4/c1-2-19-14-9-12(15(17)18)11(8-13(14)16)10-6-4-3-5-7-10/h3-7,11-12,14H,2,8-9H2,1H3/t11-,12+,14-/m1/s1. The number of Topliss-reactive ketones (excluding diaryl/α,β-unsaturated/α-hetero) is 1. The quantitative estimate of drug-likeness (QED) is 0.616. The van der Waals surface area contributed by atoms with Crippen molar-refractivity contribution < 1.29 is 14.5 Å². The van der Waals surface area contributed by atoms with Gasteiger partial charge in [0.1, 0.15) is 6.10 Å². The van der Waals surface area contributed by atoms with Crippen molar-refractivity contribution in [1.82, 2.24) is 0 Å². The first-order valence-corrected chi connectivity index (χ1v) is 6.46. The van der Waals surface area contributed by atoms with E-state index < -0.39 is 12.1 Å². The lowest BCUT2D eigenvalue weighted by Gasteiger charge is -2.30. The Labute approximate surface area is 111 Å². The fraction of sp³-hybridized carbons (Fsp3) is 0.500. The second-order valence-electron chi connectivity index (χ2n) is 4.72. The summed E-state index contributed by atoms with van der Waals surface area (Å²) in [6.07, 6.45) is -0.278. The topological polar surface area (TPSA) is 69.4 Å². The van der Waals surface area contributed by atoms with Crippen LogP contribution in [0.2, 0.25) is 0 Å². The summed E-state index contributed by atoms with van der Waals surface area (Å²) in [5.41, 5.74) is 0.854. The van der Waals surface area contributed by atoms with E-state index in [9.17, 15) is 14.9 Å². The largest absolute Gasteiger partial charge is 0.370 e. The molecule has 1 aromatic carbocycles. The van der Waals surface area contributed by atoms with Gasteiger partial charge in [-0.05, 0) is 12.5 Å². The number of rotatable bonds is 4. The molecule has 1 fully saturated rings. The van der Waals surface area contributed by atoms with E-state index in [0.29, 0.717) is 6.61 Å². The number of carbonyl (C=O) groups excluding carboxylic acids is 1. The number of nitrogens with zero attached hydrogens (tertiary/aromatic N) is 1. The zero-order chi connectivity index (χ0) is 13.8. The van der Waals surface area contributed by atoms with Gasteiger partial charge in [-0.15, -0.1) is 0 Å². The van der Waals surface area contributed by atoms with Crippen molar-refractivity contribution in [3.05, 3.63) is 46.0 Å². The molecule has 5 nitrogen and oxygen atoms in total. The van der Waals surface area contributed by atoms with Gasteiger partial charge in [0, 0.05) is 24.4 Å². The zero-order valence-electron chi connectivity index (χ0n) is 10.8. The van der Waals surface area contributed by atoms with Crippen molar-refractivity contribution in [2.24, 2.45) is 0 Å². The number of ketones is 1. The molecule has 0 heterocycles. The van der Waals surface area contributed by atoms with Crippen molar-refractivity contribution in [2.45, 2.75) is 37.8 Å². The van der Waals surface area contributed by atoms with Gasteiger partial charge in [0.25, 0.3) is 0 Å². The van der Waals surface area contributed by atoms with Gasteiger partial charge in [0.05, 0.1) is 5.92 Å². The molecule has 0 N–H and O–H groups in total. The fourth-order valence-electron chi connectivity index (χ4n) is 2.63. The lowest BCUT2D eigenvalue weighted by atomic mass is 9.78. The number of hydrogen-bond donors (Lipinski definition) is 0. The molecule has 1 saturated carbocycles. The Morgan fingerprint density at radius 3 is 2.63 bits per heavy atom. The highest BCUT2D eigenvalue weighted by Gasteiger charge is 2.43. The molecule has 3 atom stereocenters. The number of nitro groups is 1. The molecule has 0 saturated heterocycles. The first-order chi connectivity index (χ1) is 9.13. The first kappa shape index (κ1) is 13.7. The Balaban J connectivity index is 2.23. The molecule has 0 bridgehead atoms. The molecule has 0 unspecified atom stereocenters. The van der Waals surface area contributed by atoms with E-state index in [2.05, 4.69) is 0 Å². The van der Waals surface area contributed by atoms with Crippen LogP contribution in [0.5, 0.6) is 0 Å². The Bertz CT molecular complexity index is 460. The number of hydrogen-bond acceptors (Lipinski definition) is 4. The summed E-state index contributed by atoms with van der Waals surface area (Å²) in [7, 11) is 0. The minimum absolute atomic E-state index is 0.0335. The van der Waals surface area contributed by atoms with Gasteiger partial charge in [0.2, 0.25) is 6.04 Å². The maximum Gasteiger partial charge on any atom is 0.223 e. The van der Waals surface area contributed by atoms with E-state index in [1.807, 2.05) is 30.3 Å². The van der Waals surface area contributed by atoms with Gasteiger partial charge < -0.3 is 4.74 Å². The molecule has 1 aliphatic rings. The van der Waals surface area contributed by atoms with Gasteiger partial charge in [-0.2, -0.15) is 0 Å². The van der Waals surface area contributed by atoms with Crippen LogP contribution in [-0.2, 0) is 9.53 Å². The average Bonchev–Trinajstić information content (AvgIpc) is 2.41. The van der Waals surface area contributed by atoms with Crippen LogP contribution in [0.25, 0.3) is 0 Å². The van der Waals surface area contributed by atoms with Crippen molar-refractivity contribution in [3.63, 3.8) is 0 Å². The Morgan fingerprint density at radius 1 is 1.37 bits per heavy atom. The van der Waals surface area contributed by atoms with E-state index in [-0.39, 0.29) is 29.5 Å². The molecule has 0 spiro atoms. The second-order valence-corrected chi connectivity index (χ2v) is 4.72. The number of ether oxygens (including phenoxy) is 1. The Hall–Kier alpha value is -1.75. The third-order valence-corrected chi connectivity index (χ3v) is 3.57. The van der Waals surface area contributed by atoms with Gasteiger partial charge in [0.15, 0.2) is 5.78 Å². The van der Waals surface area contributed by atoms with Crippen LogP contribution in [0, 0.1) is 10.1 Å². The van der Waals surface area contributed by atoms with Crippen LogP contribution in [-0.4, -0.2) is 29.5 Å². The maximum absolute atomic E-state index is 12.0. The normalized spacial score (nSPS) is 27.2. The van der Waals surface area contributed by atoms with E-state index in [1.54, 1.807) is 6.92 Å². The number of benzene rings is 1. The molecule has 2 rings (SSSR count). The highest BCUT2D eigenvalue weighted by Crippen LogP contribution is 2.34. The average molecular weight is 263 g/mol. The van der Waals surface area contributed by atoms with Gasteiger partial charge >= 0.3 is 0 Å². The summed E-state index contributed by atoms with van der Waals surface area (Å²) in [5.74, 6) is -0.380. The predicted octanol–water partition coefficient (Wildman–Crippen LogP) is 2.18. The third kappa shape index (κ3) is 2.98. The summed E-state index contributed by atoms with van der Waals surface area (Å²) in [5, 5.41) is 11.2. The maximum atomic E-state index is 12.0. The van der Waals surface area contributed by atoms with Crippen LogP contribution in [0.3, 0.4) is 0 Å². The van der Waals surface area contributed by atoms with Crippen LogP contribution in [0.15, 0.2) is 30.3 Å². The molecule has 0 aliphatic heterocycles. The first-order valence-electron chi connectivity index (χ1n) is 6.46. The van der Waals surface area contributed by atoms with Crippen molar-refractivity contribution >= 4 is 5.78 Å². The van der Waals surface area contributed by atoms with E-state index >= 15 is 0 Å². The SMILES string of the molecule is CCO[C@@H]1C[C@H]([N+](=O)[O-])[C@@H](c2ccccc2)CC1=O. The van der Waals surface area contributed by atoms with Crippen molar-refractivity contribution in [2.75, 3.05) is 6.61 Å². The summed E-state index contributed by atoms with van der Waals surface area (Å²) >= 11 is 0. The summed E-state index contributed by atoms with van der Waals surface area (Å²) in [6.45, 7) is 2.19. The van der Waals surface area contributed by atoms with Gasteiger partial charge in [-0.3, -0.25) is 14.9 Å². The van der Waals surface area contributed by atoms with Crippen molar-refractivity contribution in [3.8, 4) is 0 Å². The Morgan fingerprint density at radius 2 is 2.05 bits per heavy atom. The predicted molar refractivity (Wildman–Crippen MR) is 69.6 cm³/mol. The molecule has 0 radical (unpaired) electrons. The third-order valence-electron chi connectivity index (χ3n) is 3.57. The lowest BCUT2D eigenvalue weighted by molar-refractivity contribution is -0.530. The summed E-state index contributed by atoms with van der Waals surface area (Å²) < 4.78 is 5.31. The van der Waals surface area contributed by atoms with Gasteiger partial charge in [-0.25, -0.2) is 0 Å². The highest BCUT2D eigenvalue weighted by atomic mass is 16.6. The van der Waals surface area contributed by atoms with Crippen LogP contribution < -0.4 is 0 Å². The molecule has 1 aromatic rings. The molecule has 0 aromatic heterocycles. The summed E-state index contributed by atoms with van der Waals surface area (Å²) in [4.78, 5) is 22.9. The molecule has 102 valence electrons. The molecular weight excluding hydrogens is 246 g/mol. The smallest absolute Gasteiger partial charge is 0.223 e. The fourth-order valence-corrected chi connectivity index (χ4v) is 2.63. The zero-order valence-corrected chi connectivity index (χ0v) is 10.8. The second kappa shape index (κ2) is 5.93. The Kier molecular flexibility index (Phi) is 4.27. The van der Waals surface area contributed by atoms with E-state index in [0.717, 1.165) is 5.56 Å². The molecule has 0 amide bonds. The summed E-state index contributed by atoms with van der Waals surface area (Å²) in [6, 6.07) is 8.47. The monoisotopic (exact) mass is 263 g/mol. The van der Waals surface area contributed by atoms with E-state index in [1.165, 1.54) is 0 Å². The molecular formula is C14H17NO4. The molecule has 5 heteroatoms. The molecule has 19 heavy (non-hydrogen) atoms. The van der Waals surface area contributed by atoms with Crippen LogP contribution in [0.1, 0.15) is 31.2 Å². The lowest BCUT2D eigenvalue weighted by Crippen LogP contribution is -2.43. The minimum Gasteiger partial charge on any atom is -0.370 e.